The molecule has 0 atom stereocenters. The van der Waals surface area contributed by atoms with Crippen LogP contribution in [0.4, 0.5) is 5.69 Å². The molecule has 0 radical (unpaired) electrons. The molecule has 0 unspecified atom stereocenters. The van der Waals surface area contributed by atoms with Gasteiger partial charge in [0.25, 0.3) is 11.5 Å². The molecule has 1 aromatic heterocycles. The van der Waals surface area contributed by atoms with E-state index in [0.717, 1.165) is 62.2 Å². The van der Waals surface area contributed by atoms with E-state index in [2.05, 4.69) is 40.4 Å². The zero-order chi connectivity index (χ0) is 25.2. The minimum atomic E-state index is -0.267. The van der Waals surface area contributed by atoms with Gasteiger partial charge in [-0.15, -0.1) is 0 Å². The highest BCUT2D eigenvalue weighted by atomic mass is 16.5. The maximum absolute atomic E-state index is 13.0. The number of aromatic nitrogens is 1. The number of hydrogen-bond donors (Lipinski definition) is 1. The summed E-state index contributed by atoms with van der Waals surface area (Å²) in [5.74, 6) is 1.41. The predicted octanol–water partition coefficient (Wildman–Crippen LogP) is 2.91. The van der Waals surface area contributed by atoms with Crippen LogP contribution in [0.15, 0.2) is 47.3 Å². The number of nitrogens with zero attached hydrogens (tertiary/aromatic N) is 3. The molecule has 1 N–H and O–H groups in total. The summed E-state index contributed by atoms with van der Waals surface area (Å²) in [5, 5.41) is 3.38. The molecule has 3 heterocycles. The Morgan fingerprint density at radius 3 is 2.69 bits per heavy atom. The van der Waals surface area contributed by atoms with Crippen LogP contribution in [-0.2, 0) is 13.0 Å². The van der Waals surface area contributed by atoms with Crippen LogP contribution in [0.2, 0.25) is 0 Å². The molecule has 8 heteroatoms. The van der Waals surface area contributed by atoms with Crippen LogP contribution in [0.3, 0.4) is 0 Å². The molecule has 3 aromatic rings. The van der Waals surface area contributed by atoms with Crippen molar-refractivity contribution in [2.24, 2.45) is 0 Å². The third-order valence-corrected chi connectivity index (χ3v) is 7.62. The Bertz CT molecular complexity index is 1330. The molecule has 5 rings (SSSR count). The number of ether oxygens (including phenoxy) is 2. The van der Waals surface area contributed by atoms with Crippen molar-refractivity contribution in [1.82, 2.24) is 14.8 Å². The summed E-state index contributed by atoms with van der Waals surface area (Å²) in [6.07, 6.45) is 3.13. The summed E-state index contributed by atoms with van der Waals surface area (Å²) in [6.45, 7) is 4.07. The van der Waals surface area contributed by atoms with Crippen LogP contribution in [-0.4, -0.2) is 68.9 Å². The van der Waals surface area contributed by atoms with E-state index in [4.69, 9.17) is 9.47 Å². The van der Waals surface area contributed by atoms with Crippen molar-refractivity contribution >= 4 is 22.5 Å². The normalized spacial score (nSPS) is 16.0. The van der Waals surface area contributed by atoms with E-state index >= 15 is 0 Å². The number of hydrogen-bond acceptors (Lipinski definition) is 6. The first-order valence-corrected chi connectivity index (χ1v) is 12.6. The minimum Gasteiger partial charge on any atom is -0.497 e. The van der Waals surface area contributed by atoms with E-state index in [1.807, 2.05) is 18.2 Å². The highest BCUT2D eigenvalue weighted by Gasteiger charge is 2.24. The van der Waals surface area contributed by atoms with E-state index in [1.54, 1.807) is 18.7 Å². The van der Waals surface area contributed by atoms with E-state index in [1.165, 1.54) is 17.3 Å². The van der Waals surface area contributed by atoms with Gasteiger partial charge >= 0.3 is 0 Å². The maximum Gasteiger partial charge on any atom is 0.251 e. The van der Waals surface area contributed by atoms with Gasteiger partial charge in [0.1, 0.15) is 11.5 Å². The number of anilines is 1. The summed E-state index contributed by atoms with van der Waals surface area (Å²) in [7, 11) is 5.36. The Labute approximate surface area is 211 Å². The first kappa shape index (κ1) is 24.2. The van der Waals surface area contributed by atoms with E-state index in [0.29, 0.717) is 23.9 Å². The fraction of sp³-hybridized carbons (Fsp3) is 0.429. The zero-order valence-electron chi connectivity index (χ0n) is 21.3. The number of rotatable bonds is 7. The third-order valence-electron chi connectivity index (χ3n) is 7.62. The van der Waals surface area contributed by atoms with E-state index in [9.17, 15) is 9.59 Å². The number of carbonyl (C=O) groups excluding carboxylic acids is 1. The molecule has 2 aliphatic rings. The van der Waals surface area contributed by atoms with Crippen molar-refractivity contribution < 1.29 is 14.3 Å². The maximum atomic E-state index is 13.0. The molecule has 2 aromatic carbocycles. The molecule has 0 saturated carbocycles. The summed E-state index contributed by atoms with van der Waals surface area (Å²) in [4.78, 5) is 30.2. The highest BCUT2D eigenvalue weighted by Crippen LogP contribution is 2.31. The van der Waals surface area contributed by atoms with Crippen LogP contribution in [0, 0.1) is 0 Å². The van der Waals surface area contributed by atoms with Crippen molar-refractivity contribution in [2.75, 3.05) is 52.3 Å². The predicted molar refractivity (Wildman–Crippen MR) is 142 cm³/mol. The van der Waals surface area contributed by atoms with Crippen LogP contribution >= 0.6 is 0 Å². The van der Waals surface area contributed by atoms with Gasteiger partial charge in [-0.25, -0.2) is 0 Å². The number of carbonyl (C=O) groups is 1. The molecule has 0 spiro atoms. The van der Waals surface area contributed by atoms with Gasteiger partial charge in [0.15, 0.2) is 0 Å². The zero-order valence-corrected chi connectivity index (χ0v) is 21.3. The lowest BCUT2D eigenvalue weighted by Gasteiger charge is -2.38. The molecule has 0 aliphatic carbocycles. The Balaban J connectivity index is 1.27. The van der Waals surface area contributed by atoms with Crippen molar-refractivity contribution in [3.63, 3.8) is 0 Å². The van der Waals surface area contributed by atoms with Crippen molar-refractivity contribution in [3.05, 3.63) is 63.9 Å². The van der Waals surface area contributed by atoms with E-state index in [-0.39, 0.29) is 11.5 Å². The topological polar surface area (TPSA) is 76.0 Å². The molecule has 36 heavy (non-hydrogen) atoms. The Morgan fingerprint density at radius 2 is 1.94 bits per heavy atom. The Hall–Kier alpha value is -3.52. The number of likely N-dealkylation sites (tertiary alicyclic amines) is 1. The van der Waals surface area contributed by atoms with Crippen LogP contribution in [0.25, 0.3) is 10.9 Å². The highest BCUT2D eigenvalue weighted by molar-refractivity contribution is 6.06. The molecule has 190 valence electrons. The SMILES string of the molecule is CNC(=O)c1cc(=O)n(CCN2CCC(N(C)c3ccc4c(c3)CCO4)CC2)c2cc(OC)ccc12. The van der Waals surface area contributed by atoms with Gasteiger partial charge in [0.05, 0.1) is 24.8 Å². The van der Waals surface area contributed by atoms with Gasteiger partial charge < -0.3 is 29.2 Å². The lowest BCUT2D eigenvalue weighted by atomic mass is 10.0. The number of methoxy groups -OCH3 is 1. The summed E-state index contributed by atoms with van der Waals surface area (Å²) < 4.78 is 12.8. The molecule has 2 aliphatic heterocycles. The smallest absolute Gasteiger partial charge is 0.251 e. The van der Waals surface area contributed by atoms with Gasteiger partial charge in [-0.2, -0.15) is 0 Å². The molecule has 8 nitrogen and oxygen atoms in total. The number of pyridine rings is 1. The monoisotopic (exact) mass is 490 g/mol. The standard InChI is InChI=1S/C28H34N4O4/c1-29-28(34)24-18-27(33)32(25-17-22(35-3)5-6-23(24)25)14-13-31-11-8-20(9-12-31)30(2)21-4-7-26-19(16-21)10-15-36-26/h4-7,16-18,20H,8-15H2,1-3H3,(H,29,34). The summed E-state index contributed by atoms with van der Waals surface area (Å²) in [5.41, 5.74) is 3.48. The van der Waals surface area contributed by atoms with Gasteiger partial charge in [-0.05, 0) is 48.7 Å². The van der Waals surface area contributed by atoms with Crippen molar-refractivity contribution in [2.45, 2.75) is 31.8 Å². The summed E-state index contributed by atoms with van der Waals surface area (Å²) >= 11 is 0. The molecular formula is C28H34N4O4. The lowest BCUT2D eigenvalue weighted by Crippen LogP contribution is -2.44. The Kier molecular flexibility index (Phi) is 6.87. The van der Waals surface area contributed by atoms with E-state index < -0.39 is 0 Å². The fourth-order valence-electron chi connectivity index (χ4n) is 5.42. The molecule has 0 bridgehead atoms. The average Bonchev–Trinajstić information content (AvgIpc) is 3.39. The molecule has 1 saturated heterocycles. The second-order valence-electron chi connectivity index (χ2n) is 9.58. The van der Waals surface area contributed by atoms with Gasteiger partial charge in [-0.3, -0.25) is 9.59 Å². The third kappa shape index (κ3) is 4.65. The first-order chi connectivity index (χ1) is 17.5. The molecule has 1 amide bonds. The van der Waals surface area contributed by atoms with Gasteiger partial charge in [-0.1, -0.05) is 0 Å². The number of amides is 1. The van der Waals surface area contributed by atoms with Crippen LogP contribution in [0.1, 0.15) is 28.8 Å². The largest absolute Gasteiger partial charge is 0.497 e. The van der Waals surface area contributed by atoms with Gasteiger partial charge in [0.2, 0.25) is 0 Å². The quantitative estimate of drug-likeness (QED) is 0.549. The molecule has 1 fully saturated rings. The fourth-order valence-corrected chi connectivity index (χ4v) is 5.42. The summed E-state index contributed by atoms with van der Waals surface area (Å²) in [6, 6.07) is 14.0. The Morgan fingerprint density at radius 1 is 1.14 bits per heavy atom. The van der Waals surface area contributed by atoms with Crippen molar-refractivity contribution in [1.29, 1.82) is 0 Å². The second-order valence-corrected chi connectivity index (χ2v) is 9.58. The lowest BCUT2D eigenvalue weighted by molar-refractivity contribution is 0.0964. The average molecular weight is 491 g/mol. The number of fused-ring (bicyclic) bond motifs is 2. The van der Waals surface area contributed by atoms with Crippen LogP contribution < -0.4 is 25.2 Å². The number of nitrogens with one attached hydrogen (secondary N) is 1. The molecular weight excluding hydrogens is 456 g/mol. The van der Waals surface area contributed by atoms with Crippen molar-refractivity contribution in [3.8, 4) is 11.5 Å². The first-order valence-electron chi connectivity index (χ1n) is 12.6. The number of benzene rings is 2. The van der Waals surface area contributed by atoms with Crippen LogP contribution in [0.5, 0.6) is 11.5 Å². The number of piperidine rings is 1. The van der Waals surface area contributed by atoms with Gasteiger partial charge in [0, 0.05) is 75.9 Å². The second kappa shape index (κ2) is 10.2. The minimum absolute atomic E-state index is 0.176.